The maximum Gasteiger partial charge on any atom is 0.244 e. The van der Waals surface area contributed by atoms with E-state index in [1.807, 2.05) is 0 Å². The molecule has 1 N–H and O–H groups in total. The molecule has 2 aromatic rings. The number of hydrogen-bond donors (Lipinski definition) is 1. The van der Waals surface area contributed by atoms with Crippen molar-refractivity contribution in [2.24, 2.45) is 0 Å². The number of ether oxygens (including phenoxy) is 2. The quantitative estimate of drug-likeness (QED) is 0.435. The Hall–Kier alpha value is -2.69. The Balaban J connectivity index is 1.64. The zero-order valence-electron chi connectivity index (χ0n) is 22.0. The van der Waals surface area contributed by atoms with E-state index in [4.69, 9.17) is 32.7 Å². The summed E-state index contributed by atoms with van der Waals surface area (Å²) in [6.07, 6.45) is 3.87. The van der Waals surface area contributed by atoms with Gasteiger partial charge in [0, 0.05) is 28.7 Å². The second-order valence-corrected chi connectivity index (χ2v) is 12.7. The molecule has 1 atom stereocenters. The van der Waals surface area contributed by atoms with Gasteiger partial charge in [0.05, 0.1) is 11.4 Å². The van der Waals surface area contributed by atoms with Gasteiger partial charge in [0.1, 0.15) is 25.8 Å². The number of nitrogens with zero attached hydrogens (tertiary/aromatic N) is 2. The summed E-state index contributed by atoms with van der Waals surface area (Å²) in [5.74, 6) is -0.181. The largest absolute Gasteiger partial charge is 0.486 e. The summed E-state index contributed by atoms with van der Waals surface area (Å²) in [4.78, 5) is 28.4. The van der Waals surface area contributed by atoms with Crippen LogP contribution in [0.15, 0.2) is 36.4 Å². The van der Waals surface area contributed by atoms with Crippen LogP contribution in [0.2, 0.25) is 10.0 Å². The van der Waals surface area contributed by atoms with Gasteiger partial charge in [-0.3, -0.25) is 13.9 Å². The minimum absolute atomic E-state index is 0.00472. The van der Waals surface area contributed by atoms with Crippen molar-refractivity contribution in [1.82, 2.24) is 10.2 Å². The fourth-order valence-corrected chi connectivity index (χ4v) is 6.24. The van der Waals surface area contributed by atoms with E-state index in [-0.39, 0.29) is 29.9 Å². The van der Waals surface area contributed by atoms with Crippen LogP contribution in [-0.4, -0.2) is 62.7 Å². The van der Waals surface area contributed by atoms with E-state index in [0.717, 1.165) is 30.0 Å². The van der Waals surface area contributed by atoms with Gasteiger partial charge >= 0.3 is 0 Å². The van der Waals surface area contributed by atoms with Crippen LogP contribution < -0.4 is 19.1 Å². The highest BCUT2D eigenvalue weighted by Crippen LogP contribution is 2.35. The van der Waals surface area contributed by atoms with Crippen molar-refractivity contribution in [3.63, 3.8) is 0 Å². The molecule has 1 saturated carbocycles. The average molecular weight is 599 g/mol. The lowest BCUT2D eigenvalue weighted by molar-refractivity contribution is -0.139. The molecular formula is C27H33Cl2N3O6S. The first-order chi connectivity index (χ1) is 18.6. The monoisotopic (exact) mass is 597 g/mol. The van der Waals surface area contributed by atoms with Crippen molar-refractivity contribution in [1.29, 1.82) is 0 Å². The molecular weight excluding hydrogens is 565 g/mol. The molecule has 1 unspecified atom stereocenters. The van der Waals surface area contributed by atoms with Crippen LogP contribution in [0, 0.1) is 0 Å². The number of rotatable bonds is 10. The van der Waals surface area contributed by atoms with E-state index >= 15 is 0 Å². The van der Waals surface area contributed by atoms with Crippen molar-refractivity contribution in [2.45, 2.75) is 58.2 Å². The van der Waals surface area contributed by atoms with Gasteiger partial charge < -0.3 is 19.7 Å². The molecule has 12 heteroatoms. The van der Waals surface area contributed by atoms with E-state index in [2.05, 4.69) is 5.32 Å². The molecule has 0 spiro atoms. The molecule has 0 aromatic heterocycles. The predicted molar refractivity (Wildman–Crippen MR) is 151 cm³/mol. The number of sulfonamides is 1. The third kappa shape index (κ3) is 7.10. The number of halogens is 2. The summed E-state index contributed by atoms with van der Waals surface area (Å²) in [6, 6.07) is 8.83. The Morgan fingerprint density at radius 3 is 2.41 bits per heavy atom. The van der Waals surface area contributed by atoms with Gasteiger partial charge in [-0.2, -0.15) is 0 Å². The summed E-state index contributed by atoms with van der Waals surface area (Å²) < 4.78 is 38.6. The number of nitrogens with one attached hydrogen (secondary N) is 1. The summed E-state index contributed by atoms with van der Waals surface area (Å²) >= 11 is 12.5. The number of benzene rings is 2. The van der Waals surface area contributed by atoms with E-state index in [1.165, 1.54) is 11.8 Å². The molecule has 1 aliphatic heterocycles. The molecule has 39 heavy (non-hydrogen) atoms. The van der Waals surface area contributed by atoms with Crippen LogP contribution in [0.4, 0.5) is 5.69 Å². The van der Waals surface area contributed by atoms with Crippen LogP contribution in [0.5, 0.6) is 11.5 Å². The zero-order chi connectivity index (χ0) is 28.2. The van der Waals surface area contributed by atoms with Crippen molar-refractivity contribution in [3.8, 4) is 11.5 Å². The minimum atomic E-state index is -3.87. The Morgan fingerprint density at radius 1 is 1.05 bits per heavy atom. The summed E-state index contributed by atoms with van der Waals surface area (Å²) in [5, 5.41) is 3.81. The predicted octanol–water partition coefficient (Wildman–Crippen LogP) is 4.40. The lowest BCUT2D eigenvalue weighted by atomic mass is 10.1. The fraction of sp³-hybridized carbons (Fsp3) is 0.481. The van der Waals surface area contributed by atoms with Crippen LogP contribution in [0.1, 0.15) is 45.1 Å². The highest BCUT2D eigenvalue weighted by Gasteiger charge is 2.33. The van der Waals surface area contributed by atoms with Gasteiger partial charge in [-0.15, -0.1) is 0 Å². The summed E-state index contributed by atoms with van der Waals surface area (Å²) in [5.41, 5.74) is 0.848. The van der Waals surface area contributed by atoms with Gasteiger partial charge in [-0.05, 0) is 56.5 Å². The van der Waals surface area contributed by atoms with Crippen molar-refractivity contribution < 1.29 is 27.5 Å². The third-order valence-corrected chi connectivity index (χ3v) is 9.35. The molecule has 0 saturated heterocycles. The van der Waals surface area contributed by atoms with Crippen LogP contribution in [0.25, 0.3) is 0 Å². The number of carbonyl (C=O) groups excluding carboxylic acids is 2. The molecule has 0 radical (unpaired) electrons. The molecule has 2 amide bonds. The second kappa shape index (κ2) is 12.7. The van der Waals surface area contributed by atoms with Crippen molar-refractivity contribution in [2.75, 3.05) is 29.8 Å². The first-order valence-electron chi connectivity index (χ1n) is 13.0. The fourth-order valence-electron chi connectivity index (χ4n) is 4.71. The van der Waals surface area contributed by atoms with Gasteiger partial charge in [0.25, 0.3) is 0 Å². The van der Waals surface area contributed by atoms with Gasteiger partial charge in [0.15, 0.2) is 11.5 Å². The number of fused-ring (bicyclic) bond motifs is 1. The topological polar surface area (TPSA) is 105 Å². The van der Waals surface area contributed by atoms with Crippen LogP contribution in [0.3, 0.4) is 0 Å². The van der Waals surface area contributed by atoms with Crippen LogP contribution >= 0.6 is 23.2 Å². The van der Waals surface area contributed by atoms with E-state index in [0.29, 0.717) is 40.3 Å². The average Bonchev–Trinajstić information content (AvgIpc) is 3.43. The van der Waals surface area contributed by atoms with E-state index in [1.54, 1.807) is 43.3 Å². The Kier molecular flexibility index (Phi) is 9.51. The summed E-state index contributed by atoms with van der Waals surface area (Å²) in [6.45, 7) is 3.35. The Labute approximate surface area is 239 Å². The third-order valence-electron chi connectivity index (χ3n) is 7.02. The molecule has 2 aliphatic rings. The lowest BCUT2D eigenvalue weighted by Crippen LogP contribution is -2.52. The normalized spacial score (nSPS) is 16.0. The Bertz CT molecular complexity index is 1320. The van der Waals surface area contributed by atoms with Gasteiger partial charge in [0.2, 0.25) is 21.8 Å². The Morgan fingerprint density at radius 2 is 1.74 bits per heavy atom. The number of hydrogen-bond acceptors (Lipinski definition) is 6. The zero-order valence-corrected chi connectivity index (χ0v) is 24.3. The molecule has 1 heterocycles. The minimum Gasteiger partial charge on any atom is -0.486 e. The lowest BCUT2D eigenvalue weighted by Gasteiger charge is -2.32. The maximum absolute atomic E-state index is 13.9. The van der Waals surface area contributed by atoms with E-state index in [9.17, 15) is 18.0 Å². The number of carbonyl (C=O) groups is 2. The standard InChI is InChI=1S/C27H33Cl2N3O6S/c1-3-39(35,36)32(22-10-11-24-25(15-22)38-13-12-37-24)17-26(33)31(16-19-8-9-20(28)14-23(19)29)18(2)27(34)30-21-6-4-5-7-21/h8-11,14-15,18,21H,3-7,12-13,16-17H2,1-2H3,(H,30,34). The number of anilines is 1. The molecule has 1 fully saturated rings. The second-order valence-electron chi connectivity index (χ2n) is 9.66. The highest BCUT2D eigenvalue weighted by atomic mass is 35.5. The van der Waals surface area contributed by atoms with Crippen molar-refractivity contribution in [3.05, 3.63) is 52.0 Å². The van der Waals surface area contributed by atoms with E-state index < -0.39 is 28.5 Å². The molecule has 0 bridgehead atoms. The molecule has 9 nitrogen and oxygen atoms in total. The molecule has 1 aliphatic carbocycles. The van der Waals surface area contributed by atoms with Crippen LogP contribution in [-0.2, 0) is 26.2 Å². The molecule has 212 valence electrons. The smallest absolute Gasteiger partial charge is 0.244 e. The SMILES string of the molecule is CCS(=O)(=O)N(CC(=O)N(Cc1ccc(Cl)cc1Cl)C(C)C(=O)NC1CCCC1)c1ccc2c(c1)OCCO2. The first kappa shape index (κ1) is 29.3. The summed E-state index contributed by atoms with van der Waals surface area (Å²) in [7, 11) is -3.87. The van der Waals surface area contributed by atoms with Gasteiger partial charge in [-0.25, -0.2) is 8.42 Å². The number of amides is 2. The van der Waals surface area contributed by atoms with Crippen molar-refractivity contribution >= 4 is 50.7 Å². The molecule has 4 rings (SSSR count). The van der Waals surface area contributed by atoms with Gasteiger partial charge in [-0.1, -0.05) is 42.1 Å². The molecule has 2 aromatic carbocycles. The maximum atomic E-state index is 13.9. The highest BCUT2D eigenvalue weighted by molar-refractivity contribution is 7.92. The first-order valence-corrected chi connectivity index (χ1v) is 15.4.